The molecule has 0 radical (unpaired) electrons. The lowest BCUT2D eigenvalue weighted by Crippen LogP contribution is -2.44. The third kappa shape index (κ3) is 2.70. The summed E-state index contributed by atoms with van der Waals surface area (Å²) in [5.41, 5.74) is 1.54. The first-order valence-corrected chi connectivity index (χ1v) is 6.61. The van der Waals surface area contributed by atoms with Crippen LogP contribution in [0.1, 0.15) is 31.9 Å². The van der Waals surface area contributed by atoms with E-state index in [9.17, 15) is 4.79 Å². The van der Waals surface area contributed by atoms with Gasteiger partial charge in [0.2, 0.25) is 5.91 Å². The molecule has 4 heteroatoms. The summed E-state index contributed by atoms with van der Waals surface area (Å²) in [6, 6.07) is 3.82. The van der Waals surface area contributed by atoms with Gasteiger partial charge in [-0.25, -0.2) is 0 Å². The lowest BCUT2D eigenvalue weighted by Gasteiger charge is -2.35. The molecule has 98 valence electrons. The Bertz CT molecular complexity index is 408. The number of amides is 1. The van der Waals surface area contributed by atoms with Crippen LogP contribution < -0.4 is 10.6 Å². The number of aromatic nitrogens is 1. The van der Waals surface area contributed by atoms with E-state index in [-0.39, 0.29) is 11.3 Å². The maximum absolute atomic E-state index is 12.4. The average molecular weight is 247 g/mol. The summed E-state index contributed by atoms with van der Waals surface area (Å²) in [5.74, 6) is 0.136. The number of nitrogens with zero attached hydrogens (tertiary/aromatic N) is 1. The number of anilines is 1. The molecule has 0 aromatic carbocycles. The molecule has 1 amide bonds. The normalized spacial score (nSPS) is 18.3. The molecule has 1 aromatic heterocycles. The van der Waals surface area contributed by atoms with Gasteiger partial charge in [-0.1, -0.05) is 6.92 Å². The van der Waals surface area contributed by atoms with E-state index in [1.165, 1.54) is 0 Å². The number of carbonyl (C=O) groups excluding carboxylic acids is 1. The number of hydrogen-bond acceptors (Lipinski definition) is 3. The van der Waals surface area contributed by atoms with E-state index >= 15 is 0 Å². The first-order valence-electron chi connectivity index (χ1n) is 6.61. The second-order valence-corrected chi connectivity index (χ2v) is 5.03. The van der Waals surface area contributed by atoms with Crippen molar-refractivity contribution in [2.45, 2.75) is 33.1 Å². The van der Waals surface area contributed by atoms with Crippen LogP contribution in [0.5, 0.6) is 0 Å². The molecule has 0 atom stereocenters. The average Bonchev–Trinajstić information content (AvgIpc) is 2.42. The van der Waals surface area contributed by atoms with Crippen LogP contribution in [0.2, 0.25) is 0 Å². The Morgan fingerprint density at radius 2 is 2.17 bits per heavy atom. The van der Waals surface area contributed by atoms with Crippen LogP contribution in [0.25, 0.3) is 0 Å². The zero-order valence-electron chi connectivity index (χ0n) is 11.1. The number of carbonyl (C=O) groups is 1. The van der Waals surface area contributed by atoms with Crippen molar-refractivity contribution in [3.8, 4) is 0 Å². The number of hydrogen-bond donors (Lipinski definition) is 2. The topological polar surface area (TPSA) is 54.0 Å². The van der Waals surface area contributed by atoms with Gasteiger partial charge in [-0.15, -0.1) is 0 Å². The molecule has 2 heterocycles. The van der Waals surface area contributed by atoms with Crippen molar-refractivity contribution in [2.24, 2.45) is 5.41 Å². The molecular weight excluding hydrogens is 226 g/mol. The molecule has 1 saturated heterocycles. The summed E-state index contributed by atoms with van der Waals surface area (Å²) in [7, 11) is 0. The van der Waals surface area contributed by atoms with Crippen LogP contribution >= 0.6 is 0 Å². The highest BCUT2D eigenvalue weighted by molar-refractivity contribution is 5.95. The van der Waals surface area contributed by atoms with Gasteiger partial charge in [0.1, 0.15) is 0 Å². The van der Waals surface area contributed by atoms with Gasteiger partial charge >= 0.3 is 0 Å². The van der Waals surface area contributed by atoms with Gasteiger partial charge in [-0.05, 0) is 51.4 Å². The number of piperidine rings is 1. The van der Waals surface area contributed by atoms with Gasteiger partial charge in [0.25, 0.3) is 0 Å². The van der Waals surface area contributed by atoms with E-state index in [4.69, 9.17) is 0 Å². The van der Waals surface area contributed by atoms with Crippen LogP contribution in [0, 0.1) is 12.3 Å². The van der Waals surface area contributed by atoms with Gasteiger partial charge in [0.15, 0.2) is 0 Å². The van der Waals surface area contributed by atoms with E-state index in [1.54, 1.807) is 6.20 Å². The van der Waals surface area contributed by atoms with Gasteiger partial charge < -0.3 is 10.6 Å². The highest BCUT2D eigenvalue weighted by Gasteiger charge is 2.37. The zero-order valence-corrected chi connectivity index (χ0v) is 11.1. The summed E-state index contributed by atoms with van der Waals surface area (Å²) in [6.45, 7) is 5.88. The first-order chi connectivity index (χ1) is 8.66. The lowest BCUT2D eigenvalue weighted by atomic mass is 9.76. The molecule has 0 aliphatic carbocycles. The first kappa shape index (κ1) is 13.0. The maximum Gasteiger partial charge on any atom is 0.230 e. The van der Waals surface area contributed by atoms with Crippen molar-refractivity contribution in [2.75, 3.05) is 18.4 Å². The van der Waals surface area contributed by atoms with Gasteiger partial charge in [-0.2, -0.15) is 0 Å². The Hall–Kier alpha value is -1.42. The summed E-state index contributed by atoms with van der Waals surface area (Å²) in [6.07, 6.45) is 4.43. The molecule has 1 aromatic rings. The molecule has 1 fully saturated rings. The highest BCUT2D eigenvalue weighted by Crippen LogP contribution is 2.33. The molecular formula is C14H21N3O. The van der Waals surface area contributed by atoms with Crippen LogP contribution in [0.4, 0.5) is 5.69 Å². The molecule has 0 spiro atoms. The quantitative estimate of drug-likeness (QED) is 0.860. The van der Waals surface area contributed by atoms with E-state index in [0.29, 0.717) is 0 Å². The van der Waals surface area contributed by atoms with Crippen LogP contribution in [0.3, 0.4) is 0 Å². The molecule has 0 bridgehead atoms. The van der Waals surface area contributed by atoms with E-state index in [0.717, 1.165) is 43.7 Å². The largest absolute Gasteiger partial charge is 0.324 e. The molecule has 0 saturated carbocycles. The maximum atomic E-state index is 12.4. The standard InChI is InChI=1S/C14H21N3O/c1-3-14(6-8-15-9-7-14)13(18)17-12-5-4-11(2)16-10-12/h4-5,10,15H,3,6-9H2,1-2H3,(H,17,18). The predicted octanol–water partition coefficient (Wildman–Crippen LogP) is 2.11. The third-order valence-corrected chi connectivity index (χ3v) is 3.89. The Morgan fingerprint density at radius 3 is 2.72 bits per heavy atom. The summed E-state index contributed by atoms with van der Waals surface area (Å²) in [4.78, 5) is 16.6. The molecule has 1 aliphatic rings. The Balaban J connectivity index is 2.07. The zero-order chi connectivity index (χ0) is 13.0. The summed E-state index contributed by atoms with van der Waals surface area (Å²) < 4.78 is 0. The van der Waals surface area contributed by atoms with Gasteiger partial charge in [0, 0.05) is 5.69 Å². The Morgan fingerprint density at radius 1 is 1.44 bits per heavy atom. The summed E-state index contributed by atoms with van der Waals surface area (Å²) >= 11 is 0. The van der Waals surface area contributed by atoms with Crippen molar-refractivity contribution < 1.29 is 4.79 Å². The minimum absolute atomic E-state index is 0.136. The van der Waals surface area contributed by atoms with E-state index in [2.05, 4.69) is 22.5 Å². The van der Waals surface area contributed by atoms with Crippen LogP contribution in [-0.2, 0) is 4.79 Å². The van der Waals surface area contributed by atoms with Gasteiger partial charge in [0.05, 0.1) is 17.3 Å². The van der Waals surface area contributed by atoms with Crippen molar-refractivity contribution in [3.63, 3.8) is 0 Å². The fraction of sp³-hybridized carbons (Fsp3) is 0.571. The minimum Gasteiger partial charge on any atom is -0.324 e. The SMILES string of the molecule is CCC1(C(=O)Nc2ccc(C)nc2)CCNCC1. The number of pyridine rings is 1. The Kier molecular flexibility index (Phi) is 3.97. The molecule has 1 aliphatic heterocycles. The van der Waals surface area contributed by atoms with Crippen LogP contribution in [0.15, 0.2) is 18.3 Å². The minimum atomic E-state index is -0.212. The predicted molar refractivity (Wildman–Crippen MR) is 72.4 cm³/mol. The van der Waals surface area contributed by atoms with Crippen molar-refractivity contribution in [3.05, 3.63) is 24.0 Å². The molecule has 2 rings (SSSR count). The molecule has 0 unspecified atom stereocenters. The fourth-order valence-corrected chi connectivity index (χ4v) is 2.45. The Labute approximate surface area is 108 Å². The third-order valence-electron chi connectivity index (χ3n) is 3.89. The second kappa shape index (κ2) is 5.48. The number of nitrogens with one attached hydrogen (secondary N) is 2. The van der Waals surface area contributed by atoms with Gasteiger partial charge in [-0.3, -0.25) is 9.78 Å². The molecule has 18 heavy (non-hydrogen) atoms. The number of aryl methyl sites for hydroxylation is 1. The van der Waals surface area contributed by atoms with Crippen molar-refractivity contribution in [1.82, 2.24) is 10.3 Å². The number of rotatable bonds is 3. The smallest absolute Gasteiger partial charge is 0.230 e. The molecule has 2 N–H and O–H groups in total. The highest BCUT2D eigenvalue weighted by atomic mass is 16.2. The summed E-state index contributed by atoms with van der Waals surface area (Å²) in [5, 5.41) is 6.31. The van der Waals surface area contributed by atoms with E-state index < -0.39 is 0 Å². The monoisotopic (exact) mass is 247 g/mol. The fourth-order valence-electron chi connectivity index (χ4n) is 2.45. The van der Waals surface area contributed by atoms with E-state index in [1.807, 2.05) is 19.1 Å². The molecule has 4 nitrogen and oxygen atoms in total. The van der Waals surface area contributed by atoms with Crippen molar-refractivity contribution in [1.29, 1.82) is 0 Å². The van der Waals surface area contributed by atoms with Crippen LogP contribution in [-0.4, -0.2) is 24.0 Å². The second-order valence-electron chi connectivity index (χ2n) is 5.03. The van der Waals surface area contributed by atoms with Crippen molar-refractivity contribution >= 4 is 11.6 Å². The lowest BCUT2D eigenvalue weighted by molar-refractivity contribution is -0.127.